The van der Waals surface area contributed by atoms with Crippen LogP contribution in [0.25, 0.3) is 0 Å². The third kappa shape index (κ3) is 4.20. The van der Waals surface area contributed by atoms with Crippen LogP contribution in [0.3, 0.4) is 0 Å². The van der Waals surface area contributed by atoms with Crippen molar-refractivity contribution in [1.29, 1.82) is 0 Å². The first-order valence-electron chi connectivity index (χ1n) is 10.1. The minimum absolute atomic E-state index is 0.135. The number of methoxy groups -OCH3 is 1. The molecule has 0 N–H and O–H groups in total. The summed E-state index contributed by atoms with van der Waals surface area (Å²) in [6.07, 6.45) is 0.359. The van der Waals surface area contributed by atoms with Crippen LogP contribution in [0.15, 0.2) is 41.4 Å². The summed E-state index contributed by atoms with van der Waals surface area (Å²) < 4.78 is 10.4. The lowest BCUT2D eigenvalue weighted by atomic mass is 9.94. The maximum atomic E-state index is 12.7. The van der Waals surface area contributed by atoms with E-state index in [1.807, 2.05) is 36.4 Å². The number of aromatic nitrogens is 1. The zero-order valence-corrected chi connectivity index (χ0v) is 17.3. The van der Waals surface area contributed by atoms with Gasteiger partial charge in [0, 0.05) is 18.5 Å². The monoisotopic (exact) mass is 407 g/mol. The quantitative estimate of drug-likeness (QED) is 0.704. The van der Waals surface area contributed by atoms with Crippen LogP contribution in [0.2, 0.25) is 0 Å². The molecule has 7 heteroatoms. The van der Waals surface area contributed by atoms with Gasteiger partial charge in [-0.25, -0.2) is 9.79 Å². The number of cyclic esters (lactones) is 1. The molecular formula is C23H25N3O4. The van der Waals surface area contributed by atoms with Crippen LogP contribution < -0.4 is 0 Å². The summed E-state index contributed by atoms with van der Waals surface area (Å²) >= 11 is 0. The lowest BCUT2D eigenvalue weighted by Gasteiger charge is -2.17. The minimum atomic E-state index is -0.349. The topological polar surface area (TPSA) is 81.1 Å². The fourth-order valence-corrected chi connectivity index (χ4v) is 3.98. The van der Waals surface area contributed by atoms with Gasteiger partial charge in [0.25, 0.3) is 0 Å². The molecule has 3 heterocycles. The number of rotatable bonds is 7. The fraction of sp³-hybridized carbons (Fsp3) is 0.391. The van der Waals surface area contributed by atoms with Gasteiger partial charge in [-0.3, -0.25) is 14.7 Å². The number of nitrogens with zero attached hydrogens (tertiary/aromatic N) is 3. The molecule has 0 radical (unpaired) electrons. The normalized spacial score (nSPS) is 16.1. The highest BCUT2D eigenvalue weighted by molar-refractivity contribution is 5.99. The number of aliphatic imine (C=N–C) groups is 1. The summed E-state index contributed by atoms with van der Waals surface area (Å²) in [4.78, 5) is 35.4. The predicted molar refractivity (Wildman–Crippen MR) is 111 cm³/mol. The number of hydrogen-bond donors (Lipinski definition) is 0. The van der Waals surface area contributed by atoms with Gasteiger partial charge in [-0.1, -0.05) is 37.3 Å². The van der Waals surface area contributed by atoms with Gasteiger partial charge in [0.15, 0.2) is 0 Å². The van der Waals surface area contributed by atoms with Crippen LogP contribution in [-0.4, -0.2) is 47.9 Å². The van der Waals surface area contributed by atoms with Gasteiger partial charge in [-0.05, 0) is 23.1 Å². The van der Waals surface area contributed by atoms with Crippen LogP contribution >= 0.6 is 0 Å². The summed E-state index contributed by atoms with van der Waals surface area (Å²) in [7, 11) is 1.57. The number of ether oxygens (including phenoxy) is 2. The molecule has 0 unspecified atom stereocenters. The van der Waals surface area contributed by atoms with Crippen molar-refractivity contribution in [3.8, 4) is 0 Å². The van der Waals surface area contributed by atoms with Crippen molar-refractivity contribution in [2.75, 3.05) is 20.3 Å². The Kier molecular flexibility index (Phi) is 5.79. The van der Waals surface area contributed by atoms with E-state index in [1.165, 1.54) is 0 Å². The Hall–Kier alpha value is -3.22. The first-order chi connectivity index (χ1) is 14.5. The standard InChI is InChI=1S/C23H25N3O4/c1-15(16-6-4-3-5-7-16)10-19(27)12-18-11-17-13-24-22(29-2)21(17)20(25-18)14-26-8-9-30-23(26)28/h3-7,11,15H,8-10,12-14H2,1-2H3/t15-/m0/s1. The molecule has 0 aliphatic carbocycles. The number of Topliss-reactive ketones (excluding diaryl/α,β-unsaturated/α-hetero) is 1. The molecule has 0 bridgehead atoms. The molecule has 156 valence electrons. The SMILES string of the molecule is COC1=NCc2cc(CC(=O)C[C@H](C)c3ccccc3)nc(CN3CCOC3=O)c21. The molecule has 4 rings (SSSR count). The molecule has 2 aromatic rings. The molecule has 1 amide bonds. The van der Waals surface area contributed by atoms with Gasteiger partial charge in [-0.2, -0.15) is 0 Å². The molecule has 30 heavy (non-hydrogen) atoms. The summed E-state index contributed by atoms with van der Waals surface area (Å²) in [6, 6.07) is 12.0. The van der Waals surface area contributed by atoms with E-state index in [0.29, 0.717) is 49.9 Å². The molecule has 2 aliphatic rings. The largest absolute Gasteiger partial charge is 0.481 e. The van der Waals surface area contributed by atoms with E-state index in [-0.39, 0.29) is 24.2 Å². The third-order valence-electron chi connectivity index (χ3n) is 5.50. The third-order valence-corrected chi connectivity index (χ3v) is 5.50. The maximum Gasteiger partial charge on any atom is 0.410 e. The Bertz CT molecular complexity index is 987. The van der Waals surface area contributed by atoms with Crippen LogP contribution in [-0.2, 0) is 33.8 Å². The van der Waals surface area contributed by atoms with E-state index >= 15 is 0 Å². The van der Waals surface area contributed by atoms with E-state index in [2.05, 4.69) is 11.9 Å². The summed E-state index contributed by atoms with van der Waals surface area (Å²) in [5.74, 6) is 0.808. The van der Waals surface area contributed by atoms with Gasteiger partial charge >= 0.3 is 6.09 Å². The smallest absolute Gasteiger partial charge is 0.410 e. The average molecular weight is 407 g/mol. The summed E-state index contributed by atoms with van der Waals surface area (Å²) in [6.45, 7) is 3.76. The van der Waals surface area contributed by atoms with Gasteiger partial charge in [0.05, 0.1) is 38.0 Å². The minimum Gasteiger partial charge on any atom is -0.481 e. The Labute approximate surface area is 175 Å². The van der Waals surface area contributed by atoms with E-state index in [9.17, 15) is 9.59 Å². The number of benzene rings is 1. The van der Waals surface area contributed by atoms with Gasteiger partial charge in [0.2, 0.25) is 5.90 Å². The maximum absolute atomic E-state index is 12.7. The van der Waals surface area contributed by atoms with E-state index < -0.39 is 0 Å². The van der Waals surface area contributed by atoms with Gasteiger partial charge in [0.1, 0.15) is 12.4 Å². The molecule has 0 spiro atoms. The Morgan fingerprint density at radius 2 is 2.10 bits per heavy atom. The predicted octanol–water partition coefficient (Wildman–Crippen LogP) is 3.25. The molecule has 1 aromatic carbocycles. The molecule has 1 aromatic heterocycles. The van der Waals surface area contributed by atoms with Crippen LogP contribution in [0.1, 0.15) is 47.3 Å². The summed E-state index contributed by atoms with van der Waals surface area (Å²) in [5, 5.41) is 0. The van der Waals surface area contributed by atoms with E-state index in [0.717, 1.165) is 16.7 Å². The van der Waals surface area contributed by atoms with Gasteiger partial charge in [-0.15, -0.1) is 0 Å². The van der Waals surface area contributed by atoms with Gasteiger partial charge < -0.3 is 9.47 Å². The fourth-order valence-electron chi connectivity index (χ4n) is 3.98. The molecule has 1 fully saturated rings. The Morgan fingerprint density at radius 3 is 2.80 bits per heavy atom. The molecule has 2 aliphatic heterocycles. The molecule has 7 nitrogen and oxygen atoms in total. The lowest BCUT2D eigenvalue weighted by molar-refractivity contribution is -0.118. The van der Waals surface area contributed by atoms with Crippen molar-refractivity contribution < 1.29 is 19.1 Å². The van der Waals surface area contributed by atoms with Crippen molar-refractivity contribution in [3.63, 3.8) is 0 Å². The van der Waals surface area contributed by atoms with Crippen LogP contribution in [0.5, 0.6) is 0 Å². The number of carbonyl (C=O) groups excluding carboxylic acids is 2. The van der Waals surface area contributed by atoms with Crippen molar-refractivity contribution in [2.24, 2.45) is 4.99 Å². The molecular weight excluding hydrogens is 382 g/mol. The van der Waals surface area contributed by atoms with Crippen molar-refractivity contribution >= 4 is 17.8 Å². The van der Waals surface area contributed by atoms with Crippen molar-refractivity contribution in [3.05, 3.63) is 64.5 Å². The first-order valence-corrected chi connectivity index (χ1v) is 10.1. The number of ketones is 1. The molecule has 0 saturated carbocycles. The number of carbonyl (C=O) groups is 2. The first kappa shape index (κ1) is 20.1. The van der Waals surface area contributed by atoms with Crippen molar-refractivity contribution in [2.45, 2.75) is 38.8 Å². The summed E-state index contributed by atoms with van der Waals surface area (Å²) in [5.41, 5.74) is 4.35. The lowest BCUT2D eigenvalue weighted by Crippen LogP contribution is -2.26. The average Bonchev–Trinajstić information content (AvgIpc) is 3.34. The van der Waals surface area contributed by atoms with Crippen LogP contribution in [0.4, 0.5) is 4.79 Å². The number of fused-ring (bicyclic) bond motifs is 1. The number of amides is 1. The molecule has 1 saturated heterocycles. The number of hydrogen-bond acceptors (Lipinski definition) is 6. The second-order valence-corrected chi connectivity index (χ2v) is 7.69. The van der Waals surface area contributed by atoms with E-state index in [4.69, 9.17) is 14.5 Å². The Morgan fingerprint density at radius 1 is 1.30 bits per heavy atom. The second kappa shape index (κ2) is 8.65. The molecule has 1 atom stereocenters. The zero-order chi connectivity index (χ0) is 21.1. The highest BCUT2D eigenvalue weighted by Gasteiger charge is 2.28. The Balaban J connectivity index is 1.53. The highest BCUT2D eigenvalue weighted by Crippen LogP contribution is 2.26. The van der Waals surface area contributed by atoms with Crippen LogP contribution in [0, 0.1) is 0 Å². The van der Waals surface area contributed by atoms with Crippen molar-refractivity contribution in [1.82, 2.24) is 9.88 Å². The zero-order valence-electron chi connectivity index (χ0n) is 17.3. The second-order valence-electron chi connectivity index (χ2n) is 7.69. The highest BCUT2D eigenvalue weighted by atomic mass is 16.6. The van der Waals surface area contributed by atoms with E-state index in [1.54, 1.807) is 12.0 Å². The number of pyridine rings is 1.